The number of hydrogen-bond acceptors (Lipinski definition) is 4. The van der Waals surface area contributed by atoms with E-state index in [1.807, 2.05) is 24.3 Å². The topological polar surface area (TPSA) is 74.7 Å². The highest BCUT2D eigenvalue weighted by Crippen LogP contribution is 2.11. The lowest BCUT2D eigenvalue weighted by atomic mass is 10.1. The average molecular weight is 295 g/mol. The molecule has 1 aromatic rings. The Bertz CT molecular complexity index is 591. The predicted molar refractivity (Wildman–Crippen MR) is 77.0 cm³/mol. The third-order valence-corrected chi connectivity index (χ3v) is 4.85. The van der Waals surface area contributed by atoms with Gasteiger partial charge in [-0.1, -0.05) is 24.3 Å². The van der Waals surface area contributed by atoms with Crippen LogP contribution in [0.2, 0.25) is 0 Å². The van der Waals surface area contributed by atoms with Crippen LogP contribution in [0.15, 0.2) is 30.3 Å². The van der Waals surface area contributed by atoms with E-state index in [9.17, 15) is 13.2 Å². The number of benzene rings is 1. The molecule has 6 heteroatoms. The van der Waals surface area contributed by atoms with E-state index in [0.29, 0.717) is 13.1 Å². The maximum atomic E-state index is 11.3. The zero-order valence-electron chi connectivity index (χ0n) is 11.0. The summed E-state index contributed by atoms with van der Waals surface area (Å²) in [5.74, 6) is -0.512. The van der Waals surface area contributed by atoms with Crippen LogP contribution < -0.4 is 0 Å². The number of nitrogens with zero attached hydrogens (tertiary/aromatic N) is 1. The molecule has 0 spiro atoms. The summed E-state index contributed by atoms with van der Waals surface area (Å²) < 4.78 is 22.7. The Morgan fingerprint density at radius 2 is 1.80 bits per heavy atom. The lowest BCUT2D eigenvalue weighted by Gasteiger charge is -2.26. The molecule has 1 aliphatic heterocycles. The third kappa shape index (κ3) is 4.47. The van der Waals surface area contributed by atoms with Gasteiger partial charge in [0.15, 0.2) is 9.84 Å². The van der Waals surface area contributed by atoms with Crippen molar-refractivity contribution in [2.24, 2.45) is 0 Å². The normalized spacial score (nSPS) is 19.2. The highest BCUT2D eigenvalue weighted by atomic mass is 32.2. The largest absolute Gasteiger partial charge is 0.478 e. The summed E-state index contributed by atoms with van der Waals surface area (Å²) in [5.41, 5.74) is 1.93. The molecular weight excluding hydrogens is 278 g/mol. The van der Waals surface area contributed by atoms with Gasteiger partial charge in [0.25, 0.3) is 0 Å². The van der Waals surface area contributed by atoms with Crippen molar-refractivity contribution in [2.75, 3.05) is 24.6 Å². The molecule has 0 aromatic heterocycles. The van der Waals surface area contributed by atoms with E-state index in [1.54, 1.807) is 6.08 Å². The lowest BCUT2D eigenvalue weighted by molar-refractivity contribution is -0.131. The molecule has 0 saturated carbocycles. The number of carboxylic acid groups (broad SMARTS) is 1. The van der Waals surface area contributed by atoms with Gasteiger partial charge in [0, 0.05) is 25.7 Å². The summed E-state index contributed by atoms with van der Waals surface area (Å²) >= 11 is 0. The number of carboxylic acids is 1. The molecule has 1 aliphatic rings. The lowest BCUT2D eigenvalue weighted by Crippen LogP contribution is -2.39. The van der Waals surface area contributed by atoms with Crippen LogP contribution in [0.25, 0.3) is 6.08 Å². The van der Waals surface area contributed by atoms with Crippen molar-refractivity contribution >= 4 is 21.9 Å². The Labute approximate surface area is 118 Å². The highest BCUT2D eigenvalue weighted by Gasteiger charge is 2.21. The fraction of sp³-hybridized carbons (Fsp3) is 0.357. The van der Waals surface area contributed by atoms with Crippen molar-refractivity contribution in [3.63, 3.8) is 0 Å². The molecular formula is C14H17NO4S. The highest BCUT2D eigenvalue weighted by molar-refractivity contribution is 7.91. The van der Waals surface area contributed by atoms with Crippen molar-refractivity contribution in [2.45, 2.75) is 6.54 Å². The van der Waals surface area contributed by atoms with Gasteiger partial charge < -0.3 is 5.11 Å². The van der Waals surface area contributed by atoms with Crippen LogP contribution in [0.4, 0.5) is 0 Å². The summed E-state index contributed by atoms with van der Waals surface area (Å²) in [5, 5.41) is 8.55. The SMILES string of the molecule is O=C(O)C=Cc1ccc(CN2CCS(=O)(=O)CC2)cc1. The second-order valence-corrected chi connectivity index (χ2v) is 7.14. The second-order valence-electron chi connectivity index (χ2n) is 4.84. The van der Waals surface area contributed by atoms with Gasteiger partial charge in [-0.3, -0.25) is 4.90 Å². The van der Waals surface area contributed by atoms with Gasteiger partial charge in [-0.25, -0.2) is 13.2 Å². The molecule has 20 heavy (non-hydrogen) atoms. The summed E-state index contributed by atoms with van der Waals surface area (Å²) in [6, 6.07) is 7.58. The molecule has 1 heterocycles. The van der Waals surface area contributed by atoms with Gasteiger partial charge in [-0.15, -0.1) is 0 Å². The van der Waals surface area contributed by atoms with Gasteiger partial charge in [-0.05, 0) is 17.2 Å². The molecule has 1 fully saturated rings. The van der Waals surface area contributed by atoms with Crippen LogP contribution >= 0.6 is 0 Å². The Morgan fingerprint density at radius 3 is 2.35 bits per heavy atom. The van der Waals surface area contributed by atoms with Crippen molar-refractivity contribution in [1.82, 2.24) is 4.90 Å². The van der Waals surface area contributed by atoms with Gasteiger partial charge in [0.2, 0.25) is 0 Å². The molecule has 1 N–H and O–H groups in total. The number of aliphatic carboxylic acids is 1. The molecule has 0 unspecified atom stereocenters. The van der Waals surface area contributed by atoms with E-state index in [4.69, 9.17) is 5.11 Å². The summed E-state index contributed by atoms with van der Waals surface area (Å²) in [7, 11) is -2.84. The van der Waals surface area contributed by atoms with E-state index < -0.39 is 15.8 Å². The molecule has 1 saturated heterocycles. The zero-order valence-corrected chi connectivity index (χ0v) is 11.8. The molecule has 2 rings (SSSR count). The maximum Gasteiger partial charge on any atom is 0.328 e. The minimum atomic E-state index is -2.84. The molecule has 0 radical (unpaired) electrons. The van der Waals surface area contributed by atoms with Crippen LogP contribution in [0.3, 0.4) is 0 Å². The molecule has 0 atom stereocenters. The first kappa shape index (κ1) is 14.7. The monoisotopic (exact) mass is 295 g/mol. The minimum absolute atomic E-state index is 0.229. The minimum Gasteiger partial charge on any atom is -0.478 e. The van der Waals surface area contributed by atoms with Gasteiger partial charge in [0.1, 0.15) is 0 Å². The van der Waals surface area contributed by atoms with Gasteiger partial charge >= 0.3 is 5.97 Å². The van der Waals surface area contributed by atoms with Crippen molar-refractivity contribution < 1.29 is 18.3 Å². The van der Waals surface area contributed by atoms with E-state index in [2.05, 4.69) is 4.90 Å². The average Bonchev–Trinajstić information content (AvgIpc) is 2.40. The molecule has 0 amide bonds. The Kier molecular flexibility index (Phi) is 4.57. The maximum absolute atomic E-state index is 11.3. The number of sulfone groups is 1. The molecule has 5 nitrogen and oxygen atoms in total. The number of carbonyl (C=O) groups is 1. The number of hydrogen-bond donors (Lipinski definition) is 1. The quantitative estimate of drug-likeness (QED) is 0.839. The second kappa shape index (κ2) is 6.19. The fourth-order valence-electron chi connectivity index (χ4n) is 2.07. The van der Waals surface area contributed by atoms with Crippen LogP contribution in [0.1, 0.15) is 11.1 Å². The first-order valence-corrected chi connectivity index (χ1v) is 8.19. The van der Waals surface area contributed by atoms with E-state index in [1.165, 1.54) is 0 Å². The Balaban J connectivity index is 1.93. The van der Waals surface area contributed by atoms with Crippen molar-refractivity contribution in [3.05, 3.63) is 41.5 Å². The van der Waals surface area contributed by atoms with Gasteiger partial charge in [-0.2, -0.15) is 0 Å². The predicted octanol–water partition coefficient (Wildman–Crippen LogP) is 1.01. The molecule has 0 bridgehead atoms. The van der Waals surface area contributed by atoms with E-state index in [-0.39, 0.29) is 11.5 Å². The summed E-state index contributed by atoms with van der Waals surface area (Å²) in [6.45, 7) is 1.87. The first-order chi connectivity index (χ1) is 9.44. The molecule has 1 aromatic carbocycles. The van der Waals surface area contributed by atoms with Crippen LogP contribution in [-0.2, 0) is 21.2 Å². The smallest absolute Gasteiger partial charge is 0.328 e. The van der Waals surface area contributed by atoms with E-state index >= 15 is 0 Å². The van der Waals surface area contributed by atoms with Crippen LogP contribution in [-0.4, -0.2) is 49.0 Å². The van der Waals surface area contributed by atoms with Crippen molar-refractivity contribution in [3.8, 4) is 0 Å². The van der Waals surface area contributed by atoms with E-state index in [0.717, 1.165) is 23.7 Å². The fourth-order valence-corrected chi connectivity index (χ4v) is 3.35. The van der Waals surface area contributed by atoms with Gasteiger partial charge in [0.05, 0.1) is 11.5 Å². The summed E-state index contributed by atoms with van der Waals surface area (Å²) in [6.07, 6.45) is 2.64. The molecule has 108 valence electrons. The zero-order chi connectivity index (χ0) is 14.6. The summed E-state index contributed by atoms with van der Waals surface area (Å²) in [4.78, 5) is 12.5. The Morgan fingerprint density at radius 1 is 1.20 bits per heavy atom. The molecule has 0 aliphatic carbocycles. The first-order valence-electron chi connectivity index (χ1n) is 6.37. The van der Waals surface area contributed by atoms with Crippen LogP contribution in [0, 0.1) is 0 Å². The van der Waals surface area contributed by atoms with Crippen molar-refractivity contribution in [1.29, 1.82) is 0 Å². The Hall–Kier alpha value is -1.66. The standard InChI is InChI=1S/C14H17NO4S/c16-14(17)6-5-12-1-3-13(4-2-12)11-15-7-9-20(18,19)10-8-15/h1-6H,7-11H2,(H,16,17). The number of rotatable bonds is 4. The van der Waals surface area contributed by atoms with Crippen LogP contribution in [0.5, 0.6) is 0 Å². The third-order valence-electron chi connectivity index (χ3n) is 3.24.